The largest absolute Gasteiger partial charge is 0.382 e. The maximum Gasteiger partial charge on any atom is 0.141 e. The van der Waals surface area contributed by atoms with Crippen molar-refractivity contribution in [1.29, 1.82) is 5.41 Å². The van der Waals surface area contributed by atoms with Crippen LogP contribution in [0, 0.1) is 5.41 Å². The topological polar surface area (TPSA) is 62.8 Å². The number of nitrogens with two attached hydrogens (primary N) is 1. The maximum absolute atomic E-state index is 7.23. The average Bonchev–Trinajstić information content (AvgIpc) is 2.17. The van der Waals surface area contributed by atoms with Gasteiger partial charge in [0.15, 0.2) is 0 Å². The second-order valence-corrected chi connectivity index (χ2v) is 2.80. The summed E-state index contributed by atoms with van der Waals surface area (Å²) in [5.41, 5.74) is 6.72. The van der Waals surface area contributed by atoms with Crippen molar-refractivity contribution in [3.8, 4) is 0 Å². The van der Waals surface area contributed by atoms with Gasteiger partial charge in [-0.25, -0.2) is 4.98 Å². The lowest BCUT2D eigenvalue weighted by Gasteiger charge is -1.99. The third kappa shape index (κ3) is 1.36. The fourth-order valence-electron chi connectivity index (χ4n) is 1.22. The first kappa shape index (κ1) is 7.73. The van der Waals surface area contributed by atoms with Crippen LogP contribution in [-0.2, 0) is 0 Å². The van der Waals surface area contributed by atoms with Gasteiger partial charge in [0.05, 0.1) is 5.52 Å². The first-order valence-corrected chi connectivity index (χ1v) is 3.97. The molecule has 0 atom stereocenters. The highest BCUT2D eigenvalue weighted by Gasteiger charge is 1.98. The number of hydrogen-bond donors (Lipinski definition) is 2. The smallest absolute Gasteiger partial charge is 0.141 e. The van der Waals surface area contributed by atoms with Crippen LogP contribution in [0.2, 0.25) is 0 Å². The molecule has 0 aliphatic heterocycles. The molecule has 0 bridgehead atoms. The highest BCUT2D eigenvalue weighted by Crippen LogP contribution is 2.10. The van der Waals surface area contributed by atoms with Gasteiger partial charge in [0.2, 0.25) is 0 Å². The van der Waals surface area contributed by atoms with Gasteiger partial charge in [-0.15, -0.1) is 0 Å². The van der Waals surface area contributed by atoms with Crippen molar-refractivity contribution in [2.75, 3.05) is 0 Å². The summed E-state index contributed by atoms with van der Waals surface area (Å²) in [4.78, 5) is 4.23. The molecule has 0 fully saturated rings. The number of benzene rings is 1. The van der Waals surface area contributed by atoms with Gasteiger partial charge < -0.3 is 5.73 Å². The van der Waals surface area contributed by atoms with Crippen LogP contribution in [0.15, 0.2) is 36.4 Å². The van der Waals surface area contributed by atoms with Crippen LogP contribution in [0.25, 0.3) is 10.9 Å². The number of pyridine rings is 1. The normalized spacial score (nSPS) is 10.2. The van der Waals surface area contributed by atoms with Crippen molar-refractivity contribution < 1.29 is 0 Å². The quantitative estimate of drug-likeness (QED) is 0.504. The van der Waals surface area contributed by atoms with Crippen LogP contribution in [0.1, 0.15) is 5.69 Å². The van der Waals surface area contributed by atoms with E-state index in [1.165, 1.54) is 0 Å². The minimum atomic E-state index is 0.00533. The molecule has 0 aliphatic carbocycles. The molecule has 1 heterocycles. The van der Waals surface area contributed by atoms with E-state index < -0.39 is 0 Å². The van der Waals surface area contributed by atoms with E-state index in [4.69, 9.17) is 11.1 Å². The fraction of sp³-hybridized carbons (Fsp3) is 0. The SMILES string of the molecule is N=C(N)c1ccc2ccccc2n1. The number of nitrogens with one attached hydrogen (secondary N) is 1. The summed E-state index contributed by atoms with van der Waals surface area (Å²) in [7, 11) is 0. The number of amidine groups is 1. The highest BCUT2D eigenvalue weighted by atomic mass is 14.8. The second kappa shape index (κ2) is 2.86. The standard InChI is InChI=1S/C10H9N3/c11-10(12)9-6-5-7-3-1-2-4-8(7)13-9/h1-6H,(H3,11,12). The van der Waals surface area contributed by atoms with Crippen molar-refractivity contribution >= 4 is 16.7 Å². The van der Waals surface area contributed by atoms with E-state index in [-0.39, 0.29) is 5.84 Å². The Kier molecular flexibility index (Phi) is 1.70. The van der Waals surface area contributed by atoms with Crippen LogP contribution >= 0.6 is 0 Å². The van der Waals surface area contributed by atoms with Gasteiger partial charge in [-0.1, -0.05) is 24.3 Å². The molecule has 0 aliphatic rings. The van der Waals surface area contributed by atoms with E-state index in [0.29, 0.717) is 5.69 Å². The fourth-order valence-corrected chi connectivity index (χ4v) is 1.22. The van der Waals surface area contributed by atoms with E-state index in [1.54, 1.807) is 6.07 Å². The molecule has 13 heavy (non-hydrogen) atoms. The number of fused-ring (bicyclic) bond motifs is 1. The van der Waals surface area contributed by atoms with Crippen molar-refractivity contribution in [3.63, 3.8) is 0 Å². The Morgan fingerprint density at radius 2 is 1.92 bits per heavy atom. The van der Waals surface area contributed by atoms with Crippen LogP contribution in [0.5, 0.6) is 0 Å². The van der Waals surface area contributed by atoms with Crippen molar-refractivity contribution in [2.45, 2.75) is 0 Å². The van der Waals surface area contributed by atoms with Crippen LogP contribution in [0.4, 0.5) is 0 Å². The number of para-hydroxylation sites is 1. The highest BCUT2D eigenvalue weighted by molar-refractivity contribution is 5.95. The van der Waals surface area contributed by atoms with Crippen LogP contribution in [0.3, 0.4) is 0 Å². The molecule has 3 nitrogen and oxygen atoms in total. The Hall–Kier alpha value is -1.90. The van der Waals surface area contributed by atoms with Gasteiger partial charge in [-0.05, 0) is 12.1 Å². The van der Waals surface area contributed by atoms with Crippen molar-refractivity contribution in [1.82, 2.24) is 4.98 Å². The molecular formula is C10H9N3. The van der Waals surface area contributed by atoms with E-state index in [9.17, 15) is 0 Å². The summed E-state index contributed by atoms with van der Waals surface area (Å²) in [6, 6.07) is 11.4. The Morgan fingerprint density at radius 1 is 1.15 bits per heavy atom. The molecule has 0 saturated carbocycles. The van der Waals surface area contributed by atoms with E-state index in [2.05, 4.69) is 4.98 Å². The van der Waals surface area contributed by atoms with Crippen molar-refractivity contribution in [2.24, 2.45) is 5.73 Å². The molecule has 2 aromatic rings. The zero-order valence-electron chi connectivity index (χ0n) is 6.99. The lowest BCUT2D eigenvalue weighted by molar-refractivity contribution is 1.31. The summed E-state index contributed by atoms with van der Waals surface area (Å²) in [6.07, 6.45) is 0. The molecule has 1 aromatic heterocycles. The number of nitrogens with zero attached hydrogens (tertiary/aromatic N) is 1. The molecule has 0 spiro atoms. The second-order valence-electron chi connectivity index (χ2n) is 2.80. The lowest BCUT2D eigenvalue weighted by atomic mass is 10.2. The van der Waals surface area contributed by atoms with E-state index in [0.717, 1.165) is 10.9 Å². The summed E-state index contributed by atoms with van der Waals surface area (Å²) >= 11 is 0. The molecule has 2 rings (SSSR count). The van der Waals surface area contributed by atoms with Crippen LogP contribution < -0.4 is 5.73 Å². The molecule has 3 heteroatoms. The van der Waals surface area contributed by atoms with Crippen molar-refractivity contribution in [3.05, 3.63) is 42.1 Å². The molecule has 0 radical (unpaired) electrons. The Balaban J connectivity index is 2.69. The van der Waals surface area contributed by atoms with Gasteiger partial charge in [-0.2, -0.15) is 0 Å². The number of nitrogen functional groups attached to an aromatic ring is 1. The zero-order valence-corrected chi connectivity index (χ0v) is 6.99. The first-order chi connectivity index (χ1) is 6.27. The third-order valence-corrected chi connectivity index (χ3v) is 1.87. The predicted molar refractivity (Wildman–Crippen MR) is 52.8 cm³/mol. The number of rotatable bonds is 1. The zero-order chi connectivity index (χ0) is 9.26. The van der Waals surface area contributed by atoms with E-state index >= 15 is 0 Å². The molecule has 3 N–H and O–H groups in total. The summed E-state index contributed by atoms with van der Waals surface area (Å²) in [6.45, 7) is 0. The number of hydrogen-bond acceptors (Lipinski definition) is 2. The molecule has 64 valence electrons. The number of aromatic nitrogens is 1. The molecule has 0 unspecified atom stereocenters. The molecule has 0 saturated heterocycles. The third-order valence-electron chi connectivity index (χ3n) is 1.87. The summed E-state index contributed by atoms with van der Waals surface area (Å²) in [5, 5.41) is 8.29. The molecular weight excluding hydrogens is 162 g/mol. The average molecular weight is 171 g/mol. The van der Waals surface area contributed by atoms with Gasteiger partial charge in [0.1, 0.15) is 11.5 Å². The minimum absolute atomic E-state index is 0.00533. The monoisotopic (exact) mass is 171 g/mol. The molecule has 0 amide bonds. The molecule has 1 aromatic carbocycles. The summed E-state index contributed by atoms with van der Waals surface area (Å²) < 4.78 is 0. The lowest BCUT2D eigenvalue weighted by Crippen LogP contribution is -2.12. The van der Waals surface area contributed by atoms with Gasteiger partial charge >= 0.3 is 0 Å². The van der Waals surface area contributed by atoms with E-state index in [1.807, 2.05) is 30.3 Å². The first-order valence-electron chi connectivity index (χ1n) is 3.97. The predicted octanol–water partition coefficient (Wildman–Crippen LogP) is 1.52. The maximum atomic E-state index is 7.23. The van der Waals surface area contributed by atoms with Crippen LogP contribution in [-0.4, -0.2) is 10.8 Å². The minimum Gasteiger partial charge on any atom is -0.382 e. The van der Waals surface area contributed by atoms with Gasteiger partial charge in [-0.3, -0.25) is 5.41 Å². The Morgan fingerprint density at radius 3 is 2.69 bits per heavy atom. The Bertz CT molecular complexity index is 462. The summed E-state index contributed by atoms with van der Waals surface area (Å²) in [5.74, 6) is 0.00533. The van der Waals surface area contributed by atoms with Gasteiger partial charge in [0, 0.05) is 5.39 Å². The van der Waals surface area contributed by atoms with Gasteiger partial charge in [0.25, 0.3) is 0 Å². The Labute approximate surface area is 75.7 Å².